The van der Waals surface area contributed by atoms with Gasteiger partial charge in [0.05, 0.1) is 11.2 Å². The van der Waals surface area contributed by atoms with E-state index in [9.17, 15) is 8.42 Å². The fraction of sp³-hybridized carbons (Fsp3) is 0.214. The van der Waals surface area contributed by atoms with E-state index in [2.05, 4.69) is 4.72 Å². The van der Waals surface area contributed by atoms with Gasteiger partial charge in [0.25, 0.3) is 0 Å². The Labute approximate surface area is 129 Å². The highest BCUT2D eigenvalue weighted by molar-refractivity contribution is 7.89. The maximum absolute atomic E-state index is 12.3. The standard InChI is InChI=1S/C14H16N2O3S2/c1-10-9-11(14(15)20)4-5-13(10)21(17,18)16-7-6-12-3-2-8-19-12/h2-5,8-9,16H,6-7H2,1H3,(H2,15,20). The van der Waals surface area contributed by atoms with E-state index in [0.717, 1.165) is 5.76 Å². The van der Waals surface area contributed by atoms with Crippen molar-refractivity contribution in [1.29, 1.82) is 0 Å². The monoisotopic (exact) mass is 324 g/mol. The lowest BCUT2D eigenvalue weighted by Gasteiger charge is -2.10. The van der Waals surface area contributed by atoms with Crippen molar-refractivity contribution in [3.63, 3.8) is 0 Å². The third-order valence-electron chi connectivity index (χ3n) is 2.99. The summed E-state index contributed by atoms with van der Waals surface area (Å²) in [5.74, 6) is 0.734. The highest BCUT2D eigenvalue weighted by Gasteiger charge is 2.17. The van der Waals surface area contributed by atoms with Gasteiger partial charge in [0.15, 0.2) is 0 Å². The average molecular weight is 324 g/mol. The number of hydrogen-bond donors (Lipinski definition) is 2. The number of benzene rings is 1. The third kappa shape index (κ3) is 3.90. The molecule has 112 valence electrons. The van der Waals surface area contributed by atoms with Gasteiger partial charge in [-0.15, -0.1) is 0 Å². The summed E-state index contributed by atoms with van der Waals surface area (Å²) in [6, 6.07) is 8.36. The molecule has 0 radical (unpaired) electrons. The molecule has 0 aliphatic heterocycles. The van der Waals surface area contributed by atoms with Crippen LogP contribution in [0.5, 0.6) is 0 Å². The fourth-order valence-electron chi connectivity index (χ4n) is 1.95. The summed E-state index contributed by atoms with van der Waals surface area (Å²) in [5, 5.41) is 0. The molecule has 2 aromatic rings. The Bertz CT molecular complexity index is 738. The summed E-state index contributed by atoms with van der Waals surface area (Å²) in [5.41, 5.74) is 6.78. The molecule has 0 atom stereocenters. The van der Waals surface area contributed by atoms with Crippen molar-refractivity contribution in [2.75, 3.05) is 6.54 Å². The molecule has 1 heterocycles. The van der Waals surface area contributed by atoms with Crippen LogP contribution in [-0.2, 0) is 16.4 Å². The second-order valence-corrected chi connectivity index (χ2v) is 6.75. The smallest absolute Gasteiger partial charge is 0.240 e. The van der Waals surface area contributed by atoms with Gasteiger partial charge < -0.3 is 10.2 Å². The third-order valence-corrected chi connectivity index (χ3v) is 4.85. The van der Waals surface area contributed by atoms with E-state index in [-0.39, 0.29) is 16.4 Å². The number of thiocarbonyl (C=S) groups is 1. The van der Waals surface area contributed by atoms with Gasteiger partial charge in [0.1, 0.15) is 10.7 Å². The van der Waals surface area contributed by atoms with Gasteiger partial charge in [-0.2, -0.15) is 0 Å². The van der Waals surface area contributed by atoms with Gasteiger partial charge in [-0.3, -0.25) is 0 Å². The molecule has 0 amide bonds. The molecule has 1 aromatic heterocycles. The molecule has 0 saturated carbocycles. The van der Waals surface area contributed by atoms with Gasteiger partial charge in [0, 0.05) is 18.5 Å². The molecule has 5 nitrogen and oxygen atoms in total. The number of rotatable bonds is 6. The highest BCUT2D eigenvalue weighted by Crippen LogP contribution is 2.16. The van der Waals surface area contributed by atoms with Crippen LogP contribution in [0.15, 0.2) is 45.9 Å². The molecule has 0 fully saturated rings. The van der Waals surface area contributed by atoms with Gasteiger partial charge in [0.2, 0.25) is 10.0 Å². The predicted octanol–water partition coefficient (Wildman–Crippen LogP) is 1.74. The first kappa shape index (κ1) is 15.7. The normalized spacial score (nSPS) is 11.5. The van der Waals surface area contributed by atoms with Gasteiger partial charge >= 0.3 is 0 Å². The lowest BCUT2D eigenvalue weighted by Crippen LogP contribution is -2.26. The molecule has 0 bridgehead atoms. The lowest BCUT2D eigenvalue weighted by molar-refractivity contribution is 0.506. The summed E-state index contributed by atoms with van der Waals surface area (Å²) in [6.45, 7) is 1.98. The van der Waals surface area contributed by atoms with Crippen LogP contribution in [0.1, 0.15) is 16.9 Å². The fourth-order valence-corrected chi connectivity index (χ4v) is 3.33. The average Bonchev–Trinajstić information content (AvgIpc) is 2.91. The van der Waals surface area contributed by atoms with Crippen molar-refractivity contribution < 1.29 is 12.8 Å². The molecule has 0 saturated heterocycles. The van der Waals surface area contributed by atoms with Crippen LogP contribution in [0.4, 0.5) is 0 Å². The zero-order chi connectivity index (χ0) is 15.5. The van der Waals surface area contributed by atoms with Gasteiger partial charge in [-0.25, -0.2) is 13.1 Å². The number of aryl methyl sites for hydroxylation is 1. The molecule has 7 heteroatoms. The van der Waals surface area contributed by atoms with Crippen molar-refractivity contribution in [3.05, 3.63) is 53.5 Å². The summed E-state index contributed by atoms with van der Waals surface area (Å²) >= 11 is 4.88. The van der Waals surface area contributed by atoms with E-state index < -0.39 is 10.0 Å². The maximum atomic E-state index is 12.3. The SMILES string of the molecule is Cc1cc(C(N)=S)ccc1S(=O)(=O)NCCc1ccco1. The van der Waals surface area contributed by atoms with Crippen LogP contribution in [0.25, 0.3) is 0 Å². The van der Waals surface area contributed by atoms with Crippen LogP contribution >= 0.6 is 12.2 Å². The van der Waals surface area contributed by atoms with Crippen LogP contribution in [0.3, 0.4) is 0 Å². The molecular weight excluding hydrogens is 308 g/mol. The van der Waals surface area contributed by atoms with E-state index in [1.54, 1.807) is 37.5 Å². The van der Waals surface area contributed by atoms with E-state index in [4.69, 9.17) is 22.4 Å². The molecule has 2 rings (SSSR count). The lowest BCUT2D eigenvalue weighted by atomic mass is 10.1. The number of furan rings is 1. The minimum absolute atomic E-state index is 0.224. The summed E-state index contributed by atoms with van der Waals surface area (Å²) < 4.78 is 32.2. The first-order valence-corrected chi connectivity index (χ1v) is 8.22. The Kier molecular flexibility index (Phi) is 4.76. The molecule has 1 aromatic carbocycles. The highest BCUT2D eigenvalue weighted by atomic mass is 32.2. The number of sulfonamides is 1. The van der Waals surface area contributed by atoms with Crippen LogP contribution in [0.2, 0.25) is 0 Å². The van der Waals surface area contributed by atoms with Crippen molar-refractivity contribution >= 4 is 27.2 Å². The molecule has 21 heavy (non-hydrogen) atoms. The van der Waals surface area contributed by atoms with Crippen molar-refractivity contribution in [2.24, 2.45) is 5.73 Å². The second-order valence-electron chi connectivity index (χ2n) is 4.57. The Morgan fingerprint density at radius 1 is 1.38 bits per heavy atom. The number of nitrogens with two attached hydrogens (primary N) is 1. The second kappa shape index (κ2) is 6.38. The summed E-state index contributed by atoms with van der Waals surface area (Å²) in [6.07, 6.45) is 2.05. The minimum atomic E-state index is -3.56. The van der Waals surface area contributed by atoms with Crippen molar-refractivity contribution in [1.82, 2.24) is 4.72 Å². The first-order valence-electron chi connectivity index (χ1n) is 6.32. The van der Waals surface area contributed by atoms with Crippen molar-refractivity contribution in [3.8, 4) is 0 Å². The van der Waals surface area contributed by atoms with E-state index >= 15 is 0 Å². The quantitative estimate of drug-likeness (QED) is 0.791. The van der Waals surface area contributed by atoms with E-state index in [1.807, 2.05) is 0 Å². The van der Waals surface area contributed by atoms with E-state index in [0.29, 0.717) is 17.5 Å². The van der Waals surface area contributed by atoms with Crippen LogP contribution in [0, 0.1) is 6.92 Å². The first-order chi connectivity index (χ1) is 9.90. The molecule has 0 unspecified atom stereocenters. The molecule has 0 spiro atoms. The summed E-state index contributed by atoms with van der Waals surface area (Å²) in [7, 11) is -3.56. The Balaban J connectivity index is 2.10. The van der Waals surface area contributed by atoms with Crippen LogP contribution in [-0.4, -0.2) is 20.0 Å². The topological polar surface area (TPSA) is 85.3 Å². The van der Waals surface area contributed by atoms with Gasteiger partial charge in [-0.1, -0.05) is 18.3 Å². The molecule has 0 aliphatic carbocycles. The Hall–Kier alpha value is -1.70. The summed E-state index contributed by atoms with van der Waals surface area (Å²) in [4.78, 5) is 0.467. The molecule has 3 N–H and O–H groups in total. The van der Waals surface area contributed by atoms with Crippen molar-refractivity contribution in [2.45, 2.75) is 18.2 Å². The van der Waals surface area contributed by atoms with E-state index in [1.165, 1.54) is 6.07 Å². The zero-order valence-corrected chi connectivity index (χ0v) is 13.1. The Morgan fingerprint density at radius 3 is 2.71 bits per heavy atom. The largest absolute Gasteiger partial charge is 0.469 e. The molecule has 0 aliphatic rings. The zero-order valence-electron chi connectivity index (χ0n) is 11.5. The maximum Gasteiger partial charge on any atom is 0.240 e. The Morgan fingerprint density at radius 2 is 2.14 bits per heavy atom. The van der Waals surface area contributed by atoms with Crippen LogP contribution < -0.4 is 10.5 Å². The molecular formula is C14H16N2O3S2. The number of nitrogens with one attached hydrogen (secondary N) is 1. The predicted molar refractivity (Wildman–Crippen MR) is 84.7 cm³/mol. The van der Waals surface area contributed by atoms with Gasteiger partial charge in [-0.05, 0) is 36.8 Å². The number of hydrogen-bond acceptors (Lipinski definition) is 4. The minimum Gasteiger partial charge on any atom is -0.469 e.